The van der Waals surface area contributed by atoms with Gasteiger partial charge in [0.05, 0.1) is 9.35 Å². The Morgan fingerprint density at radius 1 is 1.42 bits per heavy atom. The van der Waals surface area contributed by atoms with Crippen LogP contribution in [0.15, 0.2) is 27.4 Å². The van der Waals surface area contributed by atoms with Gasteiger partial charge < -0.3 is 10.6 Å². The van der Waals surface area contributed by atoms with Gasteiger partial charge in [0, 0.05) is 23.3 Å². The van der Waals surface area contributed by atoms with E-state index in [1.807, 2.05) is 29.3 Å². The zero-order valence-electron chi connectivity index (χ0n) is 10.4. The fourth-order valence-corrected chi connectivity index (χ4v) is 3.50. The van der Waals surface area contributed by atoms with E-state index in [1.54, 1.807) is 0 Å². The monoisotopic (exact) mass is 336 g/mol. The van der Waals surface area contributed by atoms with E-state index in [2.05, 4.69) is 22.0 Å². The molecule has 1 amide bonds. The summed E-state index contributed by atoms with van der Waals surface area (Å²) in [7, 11) is 0. The summed E-state index contributed by atoms with van der Waals surface area (Å²) in [6.45, 7) is 2.72. The number of rotatable bonds is 1. The molecule has 0 saturated carbocycles. The Hall–Kier alpha value is -1.33. The maximum Gasteiger partial charge on any atom is 0.259 e. The van der Waals surface area contributed by atoms with Crippen molar-refractivity contribution in [2.75, 3.05) is 17.2 Å². The van der Waals surface area contributed by atoms with Crippen LogP contribution < -0.4 is 10.6 Å². The maximum atomic E-state index is 12.5. The number of amides is 1. The van der Waals surface area contributed by atoms with Crippen molar-refractivity contribution in [3.05, 3.63) is 44.1 Å². The predicted octanol–water partition coefficient (Wildman–Crippen LogP) is 3.60. The zero-order chi connectivity index (χ0) is 13.6. The van der Waals surface area contributed by atoms with Crippen molar-refractivity contribution in [3.8, 4) is 0 Å². The minimum absolute atomic E-state index is 0.0453. The third-order valence-electron chi connectivity index (χ3n) is 3.42. The molecule has 1 aliphatic heterocycles. The molecule has 0 aliphatic carbocycles. The first-order valence-electron chi connectivity index (χ1n) is 6.01. The number of fused-ring (bicyclic) bond motifs is 1. The van der Waals surface area contributed by atoms with Crippen LogP contribution in [0.4, 0.5) is 11.4 Å². The Morgan fingerprint density at radius 2 is 2.21 bits per heavy atom. The van der Waals surface area contributed by atoms with E-state index in [0.717, 1.165) is 39.3 Å². The lowest BCUT2D eigenvalue weighted by atomic mass is 10.1. The van der Waals surface area contributed by atoms with Crippen LogP contribution in [0.3, 0.4) is 0 Å². The second-order valence-electron chi connectivity index (χ2n) is 4.68. The van der Waals surface area contributed by atoms with Crippen LogP contribution in [-0.2, 0) is 6.42 Å². The Kier molecular flexibility index (Phi) is 3.11. The Labute approximate surface area is 124 Å². The van der Waals surface area contributed by atoms with Gasteiger partial charge in [-0.2, -0.15) is 0 Å². The highest BCUT2D eigenvalue weighted by Crippen LogP contribution is 2.33. The molecule has 2 heterocycles. The van der Waals surface area contributed by atoms with Gasteiger partial charge in [0.15, 0.2) is 0 Å². The SMILES string of the molecule is Cc1cc2c(cc1N)N(C(=O)c1csc(Br)c1)CC2. The number of carbonyl (C=O) groups is 1. The van der Waals surface area contributed by atoms with Crippen molar-refractivity contribution in [1.29, 1.82) is 0 Å². The third-order valence-corrected chi connectivity index (χ3v) is 4.93. The number of hydrogen-bond acceptors (Lipinski definition) is 3. The molecule has 1 aromatic carbocycles. The molecule has 19 heavy (non-hydrogen) atoms. The second kappa shape index (κ2) is 4.65. The Balaban J connectivity index is 1.98. The number of hydrogen-bond donors (Lipinski definition) is 1. The fraction of sp³-hybridized carbons (Fsp3) is 0.214. The number of nitrogens with zero attached hydrogens (tertiary/aromatic N) is 1. The van der Waals surface area contributed by atoms with Crippen molar-refractivity contribution < 1.29 is 4.79 Å². The first kappa shape index (κ1) is 12.7. The summed E-state index contributed by atoms with van der Waals surface area (Å²) in [6, 6.07) is 5.86. The molecule has 0 atom stereocenters. The van der Waals surface area contributed by atoms with Gasteiger partial charge in [-0.1, -0.05) is 6.07 Å². The molecule has 3 nitrogen and oxygen atoms in total. The summed E-state index contributed by atoms with van der Waals surface area (Å²) >= 11 is 4.91. The van der Waals surface area contributed by atoms with Gasteiger partial charge in [-0.3, -0.25) is 4.79 Å². The molecule has 0 bridgehead atoms. The topological polar surface area (TPSA) is 46.3 Å². The standard InChI is InChI=1S/C14H13BrN2OS/c1-8-4-9-2-3-17(12(9)6-11(8)16)14(18)10-5-13(15)19-7-10/h4-7H,2-3,16H2,1H3. The van der Waals surface area contributed by atoms with Gasteiger partial charge in [-0.25, -0.2) is 0 Å². The maximum absolute atomic E-state index is 12.5. The van der Waals surface area contributed by atoms with Crippen molar-refractivity contribution in [3.63, 3.8) is 0 Å². The average Bonchev–Trinajstić information content (AvgIpc) is 2.96. The number of nitrogen functional groups attached to an aromatic ring is 1. The zero-order valence-corrected chi connectivity index (χ0v) is 12.8. The molecule has 98 valence electrons. The summed E-state index contributed by atoms with van der Waals surface area (Å²) in [5.41, 5.74) is 10.7. The van der Waals surface area contributed by atoms with Gasteiger partial charge in [0.2, 0.25) is 0 Å². The molecule has 1 aliphatic rings. The highest BCUT2D eigenvalue weighted by atomic mass is 79.9. The van der Waals surface area contributed by atoms with Crippen LogP contribution in [-0.4, -0.2) is 12.5 Å². The van der Waals surface area contributed by atoms with Crippen LogP contribution in [0.25, 0.3) is 0 Å². The van der Waals surface area contributed by atoms with Crippen molar-refractivity contribution >= 4 is 44.5 Å². The summed E-state index contributed by atoms with van der Waals surface area (Å²) < 4.78 is 0.971. The van der Waals surface area contributed by atoms with E-state index in [0.29, 0.717) is 0 Å². The number of halogens is 1. The molecule has 2 aromatic rings. The average molecular weight is 337 g/mol. The minimum atomic E-state index is 0.0453. The van der Waals surface area contributed by atoms with Gasteiger partial charge >= 0.3 is 0 Å². The van der Waals surface area contributed by atoms with Crippen LogP contribution in [0.5, 0.6) is 0 Å². The third kappa shape index (κ3) is 2.17. The van der Waals surface area contributed by atoms with Crippen molar-refractivity contribution in [1.82, 2.24) is 0 Å². The molecule has 0 unspecified atom stereocenters. The van der Waals surface area contributed by atoms with Gasteiger partial charge in [-0.15, -0.1) is 11.3 Å². The summed E-state index contributed by atoms with van der Waals surface area (Å²) in [4.78, 5) is 14.3. The van der Waals surface area contributed by atoms with Crippen molar-refractivity contribution in [2.45, 2.75) is 13.3 Å². The number of nitrogens with two attached hydrogens (primary N) is 1. The van der Waals surface area contributed by atoms with Gasteiger partial charge in [-0.05, 0) is 52.5 Å². The first-order valence-corrected chi connectivity index (χ1v) is 7.68. The van der Waals surface area contributed by atoms with Gasteiger partial charge in [0.25, 0.3) is 5.91 Å². The summed E-state index contributed by atoms with van der Waals surface area (Å²) in [5.74, 6) is 0.0453. The Morgan fingerprint density at radius 3 is 2.89 bits per heavy atom. The highest BCUT2D eigenvalue weighted by molar-refractivity contribution is 9.11. The molecular formula is C14H13BrN2OS. The molecule has 0 saturated heterocycles. The van der Waals surface area contributed by atoms with Gasteiger partial charge in [0.1, 0.15) is 0 Å². The Bertz CT molecular complexity index is 665. The smallest absolute Gasteiger partial charge is 0.259 e. The van der Waals surface area contributed by atoms with Crippen LogP contribution in [0.1, 0.15) is 21.5 Å². The molecule has 0 radical (unpaired) electrons. The number of carbonyl (C=O) groups excluding carboxylic acids is 1. The number of anilines is 2. The molecular weight excluding hydrogens is 324 g/mol. The molecule has 3 rings (SSSR count). The summed E-state index contributed by atoms with van der Waals surface area (Å²) in [6.07, 6.45) is 0.896. The van der Waals surface area contributed by atoms with E-state index in [4.69, 9.17) is 5.73 Å². The molecule has 0 spiro atoms. The van der Waals surface area contributed by atoms with E-state index < -0.39 is 0 Å². The van der Waals surface area contributed by atoms with E-state index in [1.165, 1.54) is 16.9 Å². The lowest BCUT2D eigenvalue weighted by Gasteiger charge is -2.17. The number of thiophene rings is 1. The van der Waals surface area contributed by atoms with Crippen LogP contribution in [0.2, 0.25) is 0 Å². The van der Waals surface area contributed by atoms with E-state index in [9.17, 15) is 4.79 Å². The quantitative estimate of drug-likeness (QED) is 0.808. The summed E-state index contributed by atoms with van der Waals surface area (Å²) in [5, 5.41) is 1.88. The highest BCUT2D eigenvalue weighted by Gasteiger charge is 2.26. The van der Waals surface area contributed by atoms with Crippen LogP contribution >= 0.6 is 27.3 Å². The fourth-order valence-electron chi connectivity index (χ4n) is 2.37. The van der Waals surface area contributed by atoms with Crippen LogP contribution in [0, 0.1) is 6.92 Å². The number of aryl methyl sites for hydroxylation is 1. The lowest BCUT2D eigenvalue weighted by molar-refractivity contribution is 0.0990. The second-order valence-corrected chi connectivity index (χ2v) is 6.97. The molecule has 1 aromatic heterocycles. The van der Waals surface area contributed by atoms with E-state index in [-0.39, 0.29) is 5.91 Å². The minimum Gasteiger partial charge on any atom is -0.398 e. The molecule has 2 N–H and O–H groups in total. The predicted molar refractivity (Wildman–Crippen MR) is 83.0 cm³/mol. The first-order chi connectivity index (χ1) is 9.06. The lowest BCUT2D eigenvalue weighted by Crippen LogP contribution is -2.28. The largest absolute Gasteiger partial charge is 0.398 e. The number of benzene rings is 1. The molecule has 0 fully saturated rings. The molecule has 5 heteroatoms. The van der Waals surface area contributed by atoms with Crippen molar-refractivity contribution in [2.24, 2.45) is 0 Å². The van der Waals surface area contributed by atoms with E-state index >= 15 is 0 Å². The normalized spacial score (nSPS) is 13.7.